The van der Waals surface area contributed by atoms with Crippen molar-refractivity contribution in [1.82, 2.24) is 4.90 Å². The Bertz CT molecular complexity index is 625. The second kappa shape index (κ2) is 7.17. The fraction of sp³-hybridized carbons (Fsp3) is 0.412. The number of rotatable bonds is 6. The molecule has 6 nitrogen and oxygen atoms in total. The van der Waals surface area contributed by atoms with Crippen molar-refractivity contribution in [2.75, 3.05) is 6.61 Å². The number of carbonyl (C=O) groups excluding carboxylic acids is 4. The van der Waals surface area contributed by atoms with Gasteiger partial charge in [-0.15, -0.1) is 0 Å². The number of hydrogen-bond acceptors (Lipinski definition) is 5. The van der Waals surface area contributed by atoms with E-state index < -0.39 is 29.7 Å². The molecule has 0 radical (unpaired) electrons. The van der Waals surface area contributed by atoms with E-state index in [-0.39, 0.29) is 25.2 Å². The highest BCUT2D eigenvalue weighted by molar-refractivity contribution is 6.14. The fourth-order valence-electron chi connectivity index (χ4n) is 2.76. The van der Waals surface area contributed by atoms with Crippen LogP contribution in [0.25, 0.3) is 0 Å². The molecule has 1 aromatic rings. The van der Waals surface area contributed by atoms with Gasteiger partial charge < -0.3 is 4.74 Å². The van der Waals surface area contributed by atoms with Gasteiger partial charge in [0.05, 0.1) is 12.5 Å². The van der Waals surface area contributed by atoms with E-state index in [0.29, 0.717) is 5.56 Å². The molecule has 1 aliphatic heterocycles. The van der Waals surface area contributed by atoms with E-state index >= 15 is 0 Å². The van der Waals surface area contributed by atoms with E-state index in [4.69, 9.17) is 4.74 Å². The number of likely N-dealkylation sites (tertiary alicyclic amines) is 1. The third kappa shape index (κ3) is 3.47. The third-order valence-corrected chi connectivity index (χ3v) is 3.84. The Kier molecular flexibility index (Phi) is 5.26. The van der Waals surface area contributed by atoms with Gasteiger partial charge in [0.15, 0.2) is 5.78 Å². The summed E-state index contributed by atoms with van der Waals surface area (Å²) in [5.74, 6) is -2.22. The van der Waals surface area contributed by atoms with Crippen LogP contribution in [0.2, 0.25) is 0 Å². The first-order valence-corrected chi connectivity index (χ1v) is 7.55. The number of hydrogen-bond donors (Lipinski definition) is 0. The van der Waals surface area contributed by atoms with Gasteiger partial charge >= 0.3 is 5.97 Å². The predicted octanol–water partition coefficient (Wildman–Crippen LogP) is 1.59. The van der Waals surface area contributed by atoms with Crippen LogP contribution in [0, 0.1) is 5.92 Å². The highest BCUT2D eigenvalue weighted by Gasteiger charge is 2.52. The van der Waals surface area contributed by atoms with Gasteiger partial charge in [-0.3, -0.25) is 24.1 Å². The molecule has 2 rings (SSSR count). The average Bonchev–Trinajstić information content (AvgIpc) is 2.52. The molecule has 6 heteroatoms. The summed E-state index contributed by atoms with van der Waals surface area (Å²) < 4.78 is 4.84. The monoisotopic (exact) mass is 317 g/mol. The predicted molar refractivity (Wildman–Crippen MR) is 81.4 cm³/mol. The first-order valence-electron chi connectivity index (χ1n) is 7.55. The van der Waals surface area contributed by atoms with Gasteiger partial charge in [0.1, 0.15) is 6.04 Å². The van der Waals surface area contributed by atoms with E-state index in [2.05, 4.69) is 0 Å². The molecule has 1 heterocycles. The van der Waals surface area contributed by atoms with Gasteiger partial charge in [0.2, 0.25) is 11.8 Å². The molecule has 0 aromatic heterocycles. The summed E-state index contributed by atoms with van der Waals surface area (Å²) in [6.07, 6.45) is 0.249. The molecule has 2 amide bonds. The van der Waals surface area contributed by atoms with Gasteiger partial charge in [0, 0.05) is 18.9 Å². The van der Waals surface area contributed by atoms with E-state index in [1.54, 1.807) is 37.3 Å². The molecule has 0 spiro atoms. The van der Waals surface area contributed by atoms with Gasteiger partial charge in [-0.2, -0.15) is 0 Å². The first kappa shape index (κ1) is 16.9. The number of esters is 1. The van der Waals surface area contributed by atoms with Crippen LogP contribution in [-0.2, 0) is 19.1 Å². The molecular formula is C17H19NO5. The lowest BCUT2D eigenvalue weighted by atomic mass is 9.79. The average molecular weight is 317 g/mol. The number of amides is 2. The number of ether oxygens (including phenoxy) is 1. The lowest BCUT2D eigenvalue weighted by Gasteiger charge is -2.44. The maximum atomic E-state index is 12.6. The molecule has 0 saturated carbocycles. The highest BCUT2D eigenvalue weighted by atomic mass is 16.5. The van der Waals surface area contributed by atoms with E-state index in [0.717, 1.165) is 4.90 Å². The third-order valence-electron chi connectivity index (χ3n) is 3.84. The molecule has 2 atom stereocenters. The van der Waals surface area contributed by atoms with Crippen LogP contribution >= 0.6 is 0 Å². The summed E-state index contributed by atoms with van der Waals surface area (Å²) in [7, 11) is 0. The number of nitrogens with zero attached hydrogens (tertiary/aromatic N) is 1. The topological polar surface area (TPSA) is 80.8 Å². The molecule has 0 unspecified atom stereocenters. The smallest absolute Gasteiger partial charge is 0.305 e. The Labute approximate surface area is 134 Å². The van der Waals surface area contributed by atoms with Gasteiger partial charge in [-0.25, -0.2) is 0 Å². The summed E-state index contributed by atoms with van der Waals surface area (Å²) in [6, 6.07) is 7.68. The van der Waals surface area contributed by atoms with Crippen molar-refractivity contribution in [2.45, 2.75) is 32.7 Å². The molecule has 1 fully saturated rings. The quantitative estimate of drug-likeness (QED) is 0.452. The van der Waals surface area contributed by atoms with Crippen LogP contribution in [-0.4, -0.2) is 41.1 Å². The van der Waals surface area contributed by atoms with E-state index in [1.807, 2.05) is 0 Å². The summed E-state index contributed by atoms with van der Waals surface area (Å²) in [5, 5.41) is 0. The maximum absolute atomic E-state index is 12.6. The Morgan fingerprint density at radius 2 is 1.83 bits per heavy atom. The number of benzene rings is 1. The molecule has 1 saturated heterocycles. The molecule has 0 bridgehead atoms. The van der Waals surface area contributed by atoms with Crippen LogP contribution in [0.3, 0.4) is 0 Å². The fourth-order valence-corrected chi connectivity index (χ4v) is 2.76. The normalized spacial score (nSPS) is 19.9. The second-order valence-electron chi connectivity index (χ2n) is 5.35. The number of carbonyl (C=O) groups is 4. The Morgan fingerprint density at radius 3 is 2.39 bits per heavy atom. The zero-order valence-corrected chi connectivity index (χ0v) is 13.2. The van der Waals surface area contributed by atoms with Crippen molar-refractivity contribution < 1.29 is 23.9 Å². The van der Waals surface area contributed by atoms with Crippen molar-refractivity contribution in [3.05, 3.63) is 35.9 Å². The van der Waals surface area contributed by atoms with Crippen molar-refractivity contribution in [3.8, 4) is 0 Å². The van der Waals surface area contributed by atoms with Crippen LogP contribution in [0.4, 0.5) is 0 Å². The van der Waals surface area contributed by atoms with Crippen molar-refractivity contribution >= 4 is 23.6 Å². The SMILES string of the molecule is CCOC(=O)CC[C@@H]1C(=O)N(C(C)=O)[C@@H]1C(=O)c1ccccc1. The number of Topliss-reactive ketones (excluding diaryl/α,β-unsaturated/α-hetero) is 1. The van der Waals surface area contributed by atoms with E-state index in [9.17, 15) is 19.2 Å². The summed E-state index contributed by atoms with van der Waals surface area (Å²) >= 11 is 0. The number of imide groups is 1. The summed E-state index contributed by atoms with van der Waals surface area (Å²) in [6.45, 7) is 3.22. The molecule has 0 N–H and O–H groups in total. The minimum absolute atomic E-state index is 0.0502. The highest BCUT2D eigenvalue weighted by Crippen LogP contribution is 2.33. The van der Waals surface area contributed by atoms with E-state index in [1.165, 1.54) is 6.92 Å². The van der Waals surface area contributed by atoms with Crippen molar-refractivity contribution in [2.24, 2.45) is 5.92 Å². The van der Waals surface area contributed by atoms with Crippen LogP contribution in [0.5, 0.6) is 0 Å². The standard InChI is InChI=1S/C17H19NO5/c1-3-23-14(20)10-9-13-15(18(11(2)19)17(13)22)16(21)12-7-5-4-6-8-12/h4-8,13,15H,3,9-10H2,1-2H3/t13-,15-/m0/s1. The first-order chi connectivity index (χ1) is 11.0. The molecule has 122 valence electrons. The number of β-lactam (4-membered cyclic amide) rings is 1. The Balaban J connectivity index is 2.14. The van der Waals surface area contributed by atoms with Crippen molar-refractivity contribution in [1.29, 1.82) is 0 Å². The van der Waals surface area contributed by atoms with Gasteiger partial charge in [-0.1, -0.05) is 30.3 Å². The minimum atomic E-state index is -0.836. The second-order valence-corrected chi connectivity index (χ2v) is 5.35. The minimum Gasteiger partial charge on any atom is -0.466 e. The zero-order chi connectivity index (χ0) is 17.0. The molecule has 23 heavy (non-hydrogen) atoms. The molecule has 1 aliphatic rings. The Morgan fingerprint density at radius 1 is 1.17 bits per heavy atom. The summed E-state index contributed by atoms with van der Waals surface area (Å²) in [4.78, 5) is 48.8. The van der Waals surface area contributed by atoms with Crippen molar-refractivity contribution in [3.63, 3.8) is 0 Å². The molecule has 1 aromatic carbocycles. The van der Waals surface area contributed by atoms with Crippen LogP contribution in [0.1, 0.15) is 37.0 Å². The maximum Gasteiger partial charge on any atom is 0.305 e. The molecular weight excluding hydrogens is 298 g/mol. The lowest BCUT2D eigenvalue weighted by Crippen LogP contribution is -2.65. The number of ketones is 1. The van der Waals surface area contributed by atoms with Crippen LogP contribution < -0.4 is 0 Å². The lowest BCUT2D eigenvalue weighted by molar-refractivity contribution is -0.163. The Hall–Kier alpha value is -2.50. The summed E-state index contributed by atoms with van der Waals surface area (Å²) in [5.41, 5.74) is 0.442. The van der Waals surface area contributed by atoms with Crippen LogP contribution in [0.15, 0.2) is 30.3 Å². The largest absolute Gasteiger partial charge is 0.466 e. The zero-order valence-electron chi connectivity index (χ0n) is 13.2. The van der Waals surface area contributed by atoms with Gasteiger partial charge in [0.25, 0.3) is 0 Å². The van der Waals surface area contributed by atoms with Gasteiger partial charge in [-0.05, 0) is 13.3 Å². The molecule has 0 aliphatic carbocycles.